The molecule has 0 fully saturated rings. The smallest absolute Gasteiger partial charge is 0.308 e. The van der Waals surface area contributed by atoms with Crippen LogP contribution in [0, 0.1) is 17.2 Å². The van der Waals surface area contributed by atoms with Crippen molar-refractivity contribution in [1.82, 2.24) is 0 Å². The Labute approximate surface area is 113 Å². The van der Waals surface area contributed by atoms with Crippen molar-refractivity contribution in [1.29, 1.82) is 5.26 Å². The Balaban J connectivity index is 2.81. The van der Waals surface area contributed by atoms with Gasteiger partial charge in [0, 0.05) is 12.2 Å². The van der Waals surface area contributed by atoms with Gasteiger partial charge in [-0.1, -0.05) is 6.92 Å². The molecule has 19 heavy (non-hydrogen) atoms. The zero-order valence-corrected chi connectivity index (χ0v) is 11.2. The summed E-state index contributed by atoms with van der Waals surface area (Å²) in [5, 5.41) is 17.8. The van der Waals surface area contributed by atoms with E-state index in [1.807, 2.05) is 31.2 Å². The van der Waals surface area contributed by atoms with Crippen LogP contribution in [0.1, 0.15) is 13.8 Å². The summed E-state index contributed by atoms with van der Waals surface area (Å²) in [5.41, 5.74) is 0.818. The molecule has 0 amide bonds. The third-order valence-electron chi connectivity index (χ3n) is 2.69. The van der Waals surface area contributed by atoms with Crippen LogP contribution in [-0.4, -0.2) is 30.8 Å². The first kappa shape index (κ1) is 14.8. The van der Waals surface area contributed by atoms with Crippen LogP contribution in [0.4, 0.5) is 5.69 Å². The second kappa shape index (κ2) is 7.27. The average molecular weight is 262 g/mol. The predicted octanol–water partition coefficient (Wildman–Crippen LogP) is 2.14. The number of carboxylic acids is 1. The van der Waals surface area contributed by atoms with Crippen molar-refractivity contribution in [3.05, 3.63) is 24.3 Å². The number of nitriles is 1. The summed E-state index contributed by atoms with van der Waals surface area (Å²) in [5.74, 6) is -0.636. The van der Waals surface area contributed by atoms with E-state index in [2.05, 4.69) is 6.07 Å². The molecule has 1 atom stereocenters. The van der Waals surface area contributed by atoms with Crippen molar-refractivity contribution in [2.24, 2.45) is 5.92 Å². The van der Waals surface area contributed by atoms with Crippen LogP contribution < -0.4 is 9.64 Å². The summed E-state index contributed by atoms with van der Waals surface area (Å²) in [4.78, 5) is 12.6. The molecule has 1 rings (SSSR count). The van der Waals surface area contributed by atoms with Crippen LogP contribution in [0.15, 0.2) is 24.3 Å². The monoisotopic (exact) mass is 262 g/mol. The first-order valence-electron chi connectivity index (χ1n) is 6.16. The quantitative estimate of drug-likeness (QED) is 0.762. The highest BCUT2D eigenvalue weighted by Crippen LogP contribution is 2.20. The lowest BCUT2D eigenvalue weighted by molar-refractivity contribution is -0.140. The van der Waals surface area contributed by atoms with Crippen LogP contribution in [-0.2, 0) is 4.79 Å². The number of anilines is 1. The molecule has 0 saturated carbocycles. The number of benzene rings is 1. The second-order valence-electron chi connectivity index (χ2n) is 4.20. The van der Waals surface area contributed by atoms with Gasteiger partial charge in [-0.25, -0.2) is 0 Å². The maximum Gasteiger partial charge on any atom is 0.308 e. The maximum absolute atomic E-state index is 10.9. The molecule has 0 spiro atoms. The van der Waals surface area contributed by atoms with E-state index in [1.165, 1.54) is 0 Å². The number of aliphatic carboxylic acids is 1. The molecule has 0 aliphatic heterocycles. The van der Waals surface area contributed by atoms with Gasteiger partial charge in [-0.2, -0.15) is 5.26 Å². The molecule has 0 aliphatic carbocycles. The molecular formula is C14H18N2O3. The third kappa shape index (κ3) is 4.51. The third-order valence-corrected chi connectivity index (χ3v) is 2.69. The summed E-state index contributed by atoms with van der Waals surface area (Å²) < 4.78 is 5.34. The molecule has 5 heteroatoms. The van der Waals surface area contributed by atoms with Gasteiger partial charge in [0.15, 0.2) is 0 Å². The Bertz CT molecular complexity index is 451. The van der Waals surface area contributed by atoms with E-state index >= 15 is 0 Å². The highest BCUT2D eigenvalue weighted by molar-refractivity contribution is 5.70. The highest BCUT2D eigenvalue weighted by Gasteiger charge is 2.16. The number of carboxylic acid groups (broad SMARTS) is 1. The van der Waals surface area contributed by atoms with Crippen molar-refractivity contribution in [3.8, 4) is 11.8 Å². The Morgan fingerprint density at radius 1 is 1.47 bits per heavy atom. The minimum absolute atomic E-state index is 0.158. The minimum atomic E-state index is -0.867. The van der Waals surface area contributed by atoms with E-state index in [0.717, 1.165) is 11.4 Å². The zero-order valence-electron chi connectivity index (χ0n) is 11.2. The Morgan fingerprint density at radius 2 is 2.11 bits per heavy atom. The largest absolute Gasteiger partial charge is 0.494 e. The molecule has 1 aromatic rings. The van der Waals surface area contributed by atoms with Crippen LogP contribution >= 0.6 is 0 Å². The molecule has 0 aliphatic rings. The number of hydrogen-bond donors (Lipinski definition) is 1. The molecule has 1 aromatic carbocycles. The summed E-state index contributed by atoms with van der Waals surface area (Å²) in [6, 6.07) is 9.34. The van der Waals surface area contributed by atoms with Crippen molar-refractivity contribution in [2.75, 3.05) is 24.6 Å². The Hall–Kier alpha value is -2.22. The number of ether oxygens (including phenoxy) is 1. The molecule has 1 N–H and O–H groups in total. The fraction of sp³-hybridized carbons (Fsp3) is 0.429. The zero-order chi connectivity index (χ0) is 14.3. The van der Waals surface area contributed by atoms with E-state index in [0.29, 0.717) is 13.2 Å². The predicted molar refractivity (Wildman–Crippen MR) is 72.2 cm³/mol. The summed E-state index contributed by atoms with van der Waals surface area (Å²) in [6.07, 6.45) is 0. The summed E-state index contributed by atoms with van der Waals surface area (Å²) >= 11 is 0. The molecule has 0 bridgehead atoms. The SMILES string of the molecule is CCOc1ccc(N(CC#N)CC(C)C(=O)O)cc1. The van der Waals surface area contributed by atoms with Crippen molar-refractivity contribution >= 4 is 11.7 Å². The number of rotatable bonds is 7. The van der Waals surface area contributed by atoms with Crippen molar-refractivity contribution < 1.29 is 14.6 Å². The lowest BCUT2D eigenvalue weighted by Crippen LogP contribution is -2.32. The second-order valence-corrected chi connectivity index (χ2v) is 4.20. The van der Waals surface area contributed by atoms with Gasteiger partial charge in [0.2, 0.25) is 0 Å². The van der Waals surface area contributed by atoms with Gasteiger partial charge in [0.1, 0.15) is 12.3 Å². The number of nitrogens with zero attached hydrogens (tertiary/aromatic N) is 2. The number of carbonyl (C=O) groups is 1. The molecule has 0 heterocycles. The van der Waals surface area contributed by atoms with E-state index in [4.69, 9.17) is 15.1 Å². The Morgan fingerprint density at radius 3 is 2.58 bits per heavy atom. The Kier molecular flexibility index (Phi) is 5.68. The van der Waals surface area contributed by atoms with E-state index in [9.17, 15) is 4.79 Å². The van der Waals surface area contributed by atoms with Gasteiger partial charge in [-0.3, -0.25) is 4.79 Å². The topological polar surface area (TPSA) is 73.6 Å². The number of hydrogen-bond acceptors (Lipinski definition) is 4. The van der Waals surface area contributed by atoms with E-state index < -0.39 is 11.9 Å². The molecule has 0 aromatic heterocycles. The fourth-order valence-corrected chi connectivity index (χ4v) is 1.68. The first-order chi connectivity index (χ1) is 9.08. The average Bonchev–Trinajstić information content (AvgIpc) is 2.39. The van der Waals surface area contributed by atoms with Crippen LogP contribution in [0.2, 0.25) is 0 Å². The molecule has 0 saturated heterocycles. The van der Waals surface area contributed by atoms with Crippen molar-refractivity contribution in [3.63, 3.8) is 0 Å². The molecule has 102 valence electrons. The van der Waals surface area contributed by atoms with Crippen LogP contribution in [0.5, 0.6) is 5.75 Å². The maximum atomic E-state index is 10.9. The lowest BCUT2D eigenvalue weighted by atomic mass is 10.1. The van der Waals surface area contributed by atoms with Gasteiger partial charge in [0.05, 0.1) is 18.6 Å². The fourth-order valence-electron chi connectivity index (χ4n) is 1.68. The lowest BCUT2D eigenvalue weighted by Gasteiger charge is -2.23. The van der Waals surface area contributed by atoms with Gasteiger partial charge < -0.3 is 14.7 Å². The first-order valence-corrected chi connectivity index (χ1v) is 6.16. The standard InChI is InChI=1S/C14H18N2O3/c1-3-19-13-6-4-12(5-7-13)16(9-8-15)10-11(2)14(17)18/h4-7,11H,3,9-10H2,1-2H3,(H,17,18). The van der Waals surface area contributed by atoms with Crippen molar-refractivity contribution in [2.45, 2.75) is 13.8 Å². The summed E-state index contributed by atoms with van der Waals surface area (Å²) in [6.45, 7) is 4.59. The summed E-state index contributed by atoms with van der Waals surface area (Å²) in [7, 11) is 0. The van der Waals surface area contributed by atoms with Crippen LogP contribution in [0.25, 0.3) is 0 Å². The highest BCUT2D eigenvalue weighted by atomic mass is 16.5. The molecule has 5 nitrogen and oxygen atoms in total. The van der Waals surface area contributed by atoms with Gasteiger partial charge in [-0.05, 0) is 31.2 Å². The van der Waals surface area contributed by atoms with Crippen LogP contribution in [0.3, 0.4) is 0 Å². The molecular weight excluding hydrogens is 244 g/mol. The van der Waals surface area contributed by atoms with E-state index in [-0.39, 0.29) is 6.54 Å². The minimum Gasteiger partial charge on any atom is -0.494 e. The van der Waals surface area contributed by atoms with Gasteiger partial charge in [0.25, 0.3) is 0 Å². The van der Waals surface area contributed by atoms with E-state index in [1.54, 1.807) is 11.8 Å². The van der Waals surface area contributed by atoms with Gasteiger partial charge in [-0.15, -0.1) is 0 Å². The normalized spacial score (nSPS) is 11.4. The molecule has 0 radical (unpaired) electrons. The molecule has 1 unspecified atom stereocenters. The van der Waals surface area contributed by atoms with Gasteiger partial charge >= 0.3 is 5.97 Å².